The van der Waals surface area contributed by atoms with Crippen LogP contribution in [0, 0.1) is 23.0 Å². The molecule has 0 aliphatic carbocycles. The van der Waals surface area contributed by atoms with E-state index in [0.717, 1.165) is 29.1 Å². The molecule has 0 bridgehead atoms. The monoisotopic (exact) mass is 249 g/mol. The molecule has 0 radical (unpaired) electrons. The third kappa shape index (κ3) is 1.91. The van der Waals surface area contributed by atoms with Gasteiger partial charge >= 0.3 is 5.97 Å². The first kappa shape index (κ1) is 11.7. The molecule has 7 heteroatoms. The van der Waals surface area contributed by atoms with Crippen molar-refractivity contribution in [3.05, 3.63) is 47.3 Å². The number of carboxylic acid groups (broad SMARTS) is 1. The molecule has 0 aliphatic heterocycles. The molecule has 0 unspecified atom stereocenters. The number of hydrogen-bond donors (Lipinski definition) is 1. The largest absolute Gasteiger partial charge is 0.476 e. The van der Waals surface area contributed by atoms with Gasteiger partial charge in [-0.2, -0.15) is 10.4 Å². The lowest BCUT2D eigenvalue weighted by Crippen LogP contribution is -2.05. The Bertz CT molecular complexity index is 650. The molecule has 0 amide bonds. The van der Waals surface area contributed by atoms with Crippen LogP contribution in [0.4, 0.5) is 8.78 Å². The van der Waals surface area contributed by atoms with Gasteiger partial charge in [-0.05, 0) is 18.2 Å². The average Bonchev–Trinajstić information content (AvgIpc) is 2.77. The van der Waals surface area contributed by atoms with Gasteiger partial charge in [0.2, 0.25) is 0 Å². The predicted molar refractivity (Wildman–Crippen MR) is 55.2 cm³/mol. The molecule has 2 rings (SSSR count). The number of hydrogen-bond acceptors (Lipinski definition) is 3. The zero-order chi connectivity index (χ0) is 13.3. The lowest BCUT2D eigenvalue weighted by molar-refractivity contribution is 0.0690. The molecule has 0 fully saturated rings. The third-order valence-corrected chi connectivity index (χ3v) is 2.18. The summed E-state index contributed by atoms with van der Waals surface area (Å²) in [6.07, 6.45) is 1.12. The van der Waals surface area contributed by atoms with Crippen LogP contribution < -0.4 is 0 Å². The number of nitriles is 1. The van der Waals surface area contributed by atoms with E-state index in [9.17, 15) is 13.6 Å². The maximum Gasteiger partial charge on any atom is 0.356 e. The van der Waals surface area contributed by atoms with Crippen LogP contribution in [0.25, 0.3) is 5.69 Å². The van der Waals surface area contributed by atoms with E-state index in [4.69, 9.17) is 10.4 Å². The van der Waals surface area contributed by atoms with Gasteiger partial charge in [-0.1, -0.05) is 0 Å². The van der Waals surface area contributed by atoms with Crippen LogP contribution in [0.3, 0.4) is 0 Å². The molecular weight excluding hydrogens is 244 g/mol. The summed E-state index contributed by atoms with van der Waals surface area (Å²) in [7, 11) is 0. The number of carboxylic acids is 1. The summed E-state index contributed by atoms with van der Waals surface area (Å²) in [6, 6.07) is 4.41. The van der Waals surface area contributed by atoms with Gasteiger partial charge in [-0.3, -0.25) is 0 Å². The van der Waals surface area contributed by atoms with Crippen molar-refractivity contribution >= 4 is 5.97 Å². The van der Waals surface area contributed by atoms with Gasteiger partial charge in [0.05, 0.1) is 11.6 Å². The molecule has 1 aromatic heterocycles. The molecule has 1 aromatic carbocycles. The van der Waals surface area contributed by atoms with Crippen molar-refractivity contribution in [1.82, 2.24) is 9.78 Å². The van der Waals surface area contributed by atoms with E-state index < -0.39 is 23.3 Å². The van der Waals surface area contributed by atoms with Crippen molar-refractivity contribution in [1.29, 1.82) is 5.26 Å². The maximum atomic E-state index is 13.6. The first-order valence-corrected chi connectivity index (χ1v) is 4.71. The fourth-order valence-corrected chi connectivity index (χ4v) is 1.41. The minimum absolute atomic E-state index is 0.167. The number of benzene rings is 1. The Morgan fingerprint density at radius 1 is 1.39 bits per heavy atom. The molecule has 1 N–H and O–H groups in total. The van der Waals surface area contributed by atoms with E-state index in [2.05, 4.69) is 5.10 Å². The van der Waals surface area contributed by atoms with E-state index in [-0.39, 0.29) is 11.3 Å². The minimum Gasteiger partial charge on any atom is -0.476 e. The molecular formula is C11H5F2N3O2. The summed E-state index contributed by atoms with van der Waals surface area (Å²) in [6.45, 7) is 0. The van der Waals surface area contributed by atoms with E-state index in [0.29, 0.717) is 0 Å². The molecule has 0 saturated carbocycles. The normalized spacial score (nSPS) is 10.1. The highest BCUT2D eigenvalue weighted by atomic mass is 19.1. The van der Waals surface area contributed by atoms with Crippen LogP contribution in [0.1, 0.15) is 16.1 Å². The van der Waals surface area contributed by atoms with Gasteiger partial charge in [0.15, 0.2) is 17.3 Å². The maximum absolute atomic E-state index is 13.6. The summed E-state index contributed by atoms with van der Waals surface area (Å²) in [4.78, 5) is 10.6. The van der Waals surface area contributed by atoms with Gasteiger partial charge < -0.3 is 5.11 Å². The van der Waals surface area contributed by atoms with Crippen LogP contribution in [0.15, 0.2) is 24.4 Å². The Balaban J connectivity index is 2.57. The van der Waals surface area contributed by atoms with E-state index in [1.807, 2.05) is 0 Å². The van der Waals surface area contributed by atoms with Crippen molar-refractivity contribution in [2.45, 2.75) is 0 Å². The Kier molecular flexibility index (Phi) is 2.77. The fourth-order valence-electron chi connectivity index (χ4n) is 1.41. The third-order valence-electron chi connectivity index (χ3n) is 2.18. The smallest absolute Gasteiger partial charge is 0.356 e. The first-order valence-electron chi connectivity index (χ1n) is 4.71. The van der Waals surface area contributed by atoms with Gasteiger partial charge in [0.25, 0.3) is 0 Å². The topological polar surface area (TPSA) is 78.9 Å². The standard InChI is InChI=1S/C11H5F2N3O2/c12-7-3-6(5-14)4-8(13)10(7)16-2-1-9(15-16)11(17)18/h1-4H,(H,17,18). The highest BCUT2D eigenvalue weighted by Gasteiger charge is 2.16. The molecule has 0 atom stereocenters. The molecule has 0 aliphatic rings. The summed E-state index contributed by atoms with van der Waals surface area (Å²) < 4.78 is 28.0. The summed E-state index contributed by atoms with van der Waals surface area (Å²) >= 11 is 0. The van der Waals surface area contributed by atoms with Crippen LogP contribution in [0.5, 0.6) is 0 Å². The SMILES string of the molecule is N#Cc1cc(F)c(-n2ccc(C(=O)O)n2)c(F)c1. The van der Waals surface area contributed by atoms with Crippen LogP contribution >= 0.6 is 0 Å². The number of aromatic carboxylic acids is 1. The highest BCUT2D eigenvalue weighted by molar-refractivity contribution is 5.85. The molecule has 90 valence electrons. The lowest BCUT2D eigenvalue weighted by Gasteiger charge is -2.04. The predicted octanol–water partition coefficient (Wildman–Crippen LogP) is 1.72. The number of halogens is 2. The highest BCUT2D eigenvalue weighted by Crippen LogP contribution is 2.19. The molecule has 18 heavy (non-hydrogen) atoms. The molecule has 5 nitrogen and oxygen atoms in total. The second-order valence-corrected chi connectivity index (χ2v) is 3.35. The average molecular weight is 249 g/mol. The molecule has 0 spiro atoms. The van der Waals surface area contributed by atoms with E-state index in [1.54, 1.807) is 6.07 Å². The quantitative estimate of drug-likeness (QED) is 0.878. The number of aromatic nitrogens is 2. The lowest BCUT2D eigenvalue weighted by atomic mass is 10.2. The Morgan fingerprint density at radius 3 is 2.44 bits per heavy atom. The van der Waals surface area contributed by atoms with Gasteiger partial charge in [0, 0.05) is 6.20 Å². The zero-order valence-electron chi connectivity index (χ0n) is 8.76. The summed E-state index contributed by atoms with van der Waals surface area (Å²) in [5.74, 6) is -3.29. The molecule has 1 heterocycles. The fraction of sp³-hybridized carbons (Fsp3) is 0. The van der Waals surface area contributed by atoms with Crippen molar-refractivity contribution in [2.75, 3.05) is 0 Å². The first-order chi connectivity index (χ1) is 8.52. The second kappa shape index (κ2) is 4.25. The van der Waals surface area contributed by atoms with Crippen molar-refractivity contribution < 1.29 is 18.7 Å². The van der Waals surface area contributed by atoms with Crippen LogP contribution in [0.2, 0.25) is 0 Å². The summed E-state index contributed by atoms with van der Waals surface area (Å²) in [5.41, 5.74) is -1.03. The molecule has 2 aromatic rings. The van der Waals surface area contributed by atoms with Gasteiger partial charge in [-0.15, -0.1) is 0 Å². The van der Waals surface area contributed by atoms with Crippen LogP contribution in [-0.4, -0.2) is 20.9 Å². The number of carbonyl (C=O) groups is 1. The van der Waals surface area contributed by atoms with Crippen molar-refractivity contribution in [3.8, 4) is 11.8 Å². The molecule has 0 saturated heterocycles. The minimum atomic E-state index is -1.30. The summed E-state index contributed by atoms with van der Waals surface area (Å²) in [5, 5.41) is 20.7. The number of rotatable bonds is 2. The Hall–Kier alpha value is -2.75. The van der Waals surface area contributed by atoms with E-state index >= 15 is 0 Å². The Morgan fingerprint density at radius 2 is 2.00 bits per heavy atom. The Labute approximate surface area is 99.5 Å². The van der Waals surface area contributed by atoms with E-state index in [1.165, 1.54) is 0 Å². The van der Waals surface area contributed by atoms with Gasteiger partial charge in [0.1, 0.15) is 5.69 Å². The number of nitrogens with zero attached hydrogens (tertiary/aromatic N) is 3. The van der Waals surface area contributed by atoms with Gasteiger partial charge in [-0.25, -0.2) is 18.3 Å². The second-order valence-electron chi connectivity index (χ2n) is 3.35. The van der Waals surface area contributed by atoms with Crippen molar-refractivity contribution in [3.63, 3.8) is 0 Å². The van der Waals surface area contributed by atoms with Crippen molar-refractivity contribution in [2.24, 2.45) is 0 Å². The zero-order valence-corrected chi connectivity index (χ0v) is 8.76. The van der Waals surface area contributed by atoms with Crippen LogP contribution in [-0.2, 0) is 0 Å².